The van der Waals surface area contributed by atoms with E-state index in [0.717, 1.165) is 35.3 Å². The van der Waals surface area contributed by atoms with Gasteiger partial charge in [-0.05, 0) is 61.7 Å². The van der Waals surface area contributed by atoms with Crippen LogP contribution in [0.15, 0.2) is 66.7 Å². The van der Waals surface area contributed by atoms with Crippen molar-refractivity contribution in [2.45, 2.75) is 25.7 Å². The highest BCUT2D eigenvalue weighted by atomic mass is 19.1. The number of aromatic nitrogens is 2. The molecule has 0 bridgehead atoms. The molecule has 172 valence electrons. The molecule has 5 rings (SSSR count). The molecule has 1 aliphatic rings. The molecule has 0 saturated carbocycles. The first-order chi connectivity index (χ1) is 16.5. The molecule has 34 heavy (non-hydrogen) atoms. The van der Waals surface area contributed by atoms with Crippen molar-refractivity contribution in [2.75, 3.05) is 18.4 Å². The number of benzene rings is 3. The number of aryl methyl sites for hydroxylation is 1. The molecule has 0 unspecified atom stereocenters. The first kappa shape index (κ1) is 21.8. The predicted octanol–water partition coefficient (Wildman–Crippen LogP) is 5.28. The number of nitrogens with zero attached hydrogens (tertiary/aromatic N) is 2. The number of para-hydroxylation sites is 2. The lowest BCUT2D eigenvalue weighted by Gasteiger charge is -2.31. The lowest BCUT2D eigenvalue weighted by Crippen LogP contribution is -2.38. The van der Waals surface area contributed by atoms with E-state index < -0.39 is 11.7 Å². The van der Waals surface area contributed by atoms with E-state index in [1.165, 1.54) is 18.2 Å². The lowest BCUT2D eigenvalue weighted by molar-refractivity contribution is 0.0711. The number of carbonyl (C=O) groups excluding carboxylic acids is 2. The summed E-state index contributed by atoms with van der Waals surface area (Å²) in [6.45, 7) is 3.10. The summed E-state index contributed by atoms with van der Waals surface area (Å²) in [5, 5.41) is 2.74. The molecule has 0 aliphatic carbocycles. The number of hydrogen-bond donors (Lipinski definition) is 2. The second-order valence-corrected chi connectivity index (χ2v) is 8.67. The quantitative estimate of drug-likeness (QED) is 0.438. The summed E-state index contributed by atoms with van der Waals surface area (Å²) in [6.07, 6.45) is 1.66. The van der Waals surface area contributed by atoms with Gasteiger partial charge in [0.25, 0.3) is 11.8 Å². The van der Waals surface area contributed by atoms with Gasteiger partial charge in [0.2, 0.25) is 0 Å². The van der Waals surface area contributed by atoms with Gasteiger partial charge in [0.05, 0.1) is 16.6 Å². The number of nitrogens with one attached hydrogen (secondary N) is 2. The normalized spacial score (nSPS) is 14.4. The average Bonchev–Trinajstić information content (AvgIpc) is 3.30. The number of carbonyl (C=O) groups is 2. The maximum atomic E-state index is 14.0. The first-order valence-corrected chi connectivity index (χ1v) is 11.4. The number of rotatable bonds is 4. The van der Waals surface area contributed by atoms with E-state index in [-0.39, 0.29) is 17.4 Å². The van der Waals surface area contributed by atoms with E-state index in [1.54, 1.807) is 24.3 Å². The zero-order valence-corrected chi connectivity index (χ0v) is 18.8. The van der Waals surface area contributed by atoms with Gasteiger partial charge in [0, 0.05) is 30.3 Å². The van der Waals surface area contributed by atoms with Crippen LogP contribution in [0.3, 0.4) is 0 Å². The molecule has 0 spiro atoms. The molecular formula is C27H25FN4O2. The van der Waals surface area contributed by atoms with Crippen molar-refractivity contribution in [1.82, 2.24) is 14.9 Å². The summed E-state index contributed by atoms with van der Waals surface area (Å²) in [6, 6.07) is 19.0. The van der Waals surface area contributed by atoms with Gasteiger partial charge in [-0.15, -0.1) is 0 Å². The Balaban J connectivity index is 1.27. The maximum absolute atomic E-state index is 14.0. The number of halogens is 1. The molecule has 2 N–H and O–H groups in total. The average molecular weight is 457 g/mol. The topological polar surface area (TPSA) is 78.1 Å². The van der Waals surface area contributed by atoms with Crippen LogP contribution in [0.2, 0.25) is 0 Å². The van der Waals surface area contributed by atoms with Crippen molar-refractivity contribution in [3.05, 3.63) is 95.1 Å². The number of likely N-dealkylation sites (tertiary alicyclic amines) is 1. The van der Waals surface area contributed by atoms with Crippen LogP contribution in [-0.2, 0) is 0 Å². The highest BCUT2D eigenvalue weighted by Gasteiger charge is 2.27. The van der Waals surface area contributed by atoms with Crippen molar-refractivity contribution in [1.29, 1.82) is 0 Å². The summed E-state index contributed by atoms with van der Waals surface area (Å²) in [5.74, 6) is 0.0472. The number of H-pyrrole nitrogens is 1. The number of hydrogen-bond acceptors (Lipinski definition) is 3. The Bertz CT molecular complexity index is 1340. The van der Waals surface area contributed by atoms with E-state index >= 15 is 0 Å². The Morgan fingerprint density at radius 3 is 2.53 bits per heavy atom. The Morgan fingerprint density at radius 2 is 1.76 bits per heavy atom. The van der Waals surface area contributed by atoms with Crippen molar-refractivity contribution in [2.24, 2.45) is 0 Å². The number of anilines is 1. The minimum absolute atomic E-state index is 0.0358. The number of amides is 2. The molecule has 1 aliphatic heterocycles. The molecule has 1 aromatic heterocycles. The number of aromatic amines is 1. The molecule has 0 radical (unpaired) electrons. The highest BCUT2D eigenvalue weighted by Crippen LogP contribution is 2.29. The Labute approximate surface area is 196 Å². The van der Waals surface area contributed by atoms with E-state index in [2.05, 4.69) is 10.3 Å². The summed E-state index contributed by atoms with van der Waals surface area (Å²) in [7, 11) is 0. The van der Waals surface area contributed by atoms with Gasteiger partial charge in [-0.1, -0.05) is 30.3 Å². The first-order valence-electron chi connectivity index (χ1n) is 11.4. The van der Waals surface area contributed by atoms with Crippen LogP contribution >= 0.6 is 0 Å². The molecule has 3 aromatic carbocycles. The number of fused-ring (bicyclic) bond motifs is 1. The number of piperidine rings is 1. The third-order valence-electron chi connectivity index (χ3n) is 6.43. The van der Waals surface area contributed by atoms with Crippen LogP contribution < -0.4 is 5.32 Å². The minimum atomic E-state index is -0.586. The molecule has 4 aromatic rings. The van der Waals surface area contributed by atoms with Crippen molar-refractivity contribution >= 4 is 28.5 Å². The van der Waals surface area contributed by atoms with Crippen LogP contribution in [0, 0.1) is 12.7 Å². The SMILES string of the molecule is Cc1ccc(C(=O)N2CCC(c3nc4ccccc4[nH]3)CC2)cc1NC(=O)c1ccccc1F. The smallest absolute Gasteiger partial charge is 0.258 e. The third-order valence-corrected chi connectivity index (χ3v) is 6.43. The summed E-state index contributed by atoms with van der Waals surface area (Å²) in [4.78, 5) is 35.7. The zero-order chi connectivity index (χ0) is 23.7. The van der Waals surface area contributed by atoms with Gasteiger partial charge in [0.1, 0.15) is 11.6 Å². The molecule has 2 amide bonds. The largest absolute Gasteiger partial charge is 0.342 e. The zero-order valence-electron chi connectivity index (χ0n) is 18.8. The predicted molar refractivity (Wildman–Crippen MR) is 130 cm³/mol. The summed E-state index contributed by atoms with van der Waals surface area (Å²) in [5.41, 5.74) is 3.74. The van der Waals surface area contributed by atoms with Crippen molar-refractivity contribution in [3.8, 4) is 0 Å². The molecule has 1 saturated heterocycles. The van der Waals surface area contributed by atoms with Crippen LogP contribution in [0.5, 0.6) is 0 Å². The molecule has 6 nitrogen and oxygen atoms in total. The fraction of sp³-hybridized carbons (Fsp3) is 0.222. The van der Waals surface area contributed by atoms with Gasteiger partial charge in [-0.25, -0.2) is 9.37 Å². The molecule has 2 heterocycles. The summed E-state index contributed by atoms with van der Waals surface area (Å²) < 4.78 is 14.0. The molecule has 7 heteroatoms. The Morgan fingerprint density at radius 1 is 1.03 bits per heavy atom. The highest BCUT2D eigenvalue weighted by molar-refractivity contribution is 6.05. The molecule has 1 fully saturated rings. The van der Waals surface area contributed by atoms with E-state index in [0.29, 0.717) is 24.3 Å². The molecule has 0 atom stereocenters. The van der Waals surface area contributed by atoms with Crippen LogP contribution in [-0.4, -0.2) is 39.8 Å². The minimum Gasteiger partial charge on any atom is -0.342 e. The summed E-state index contributed by atoms with van der Waals surface area (Å²) >= 11 is 0. The maximum Gasteiger partial charge on any atom is 0.258 e. The Hall–Kier alpha value is -4.00. The fourth-order valence-corrected chi connectivity index (χ4v) is 4.43. The van der Waals surface area contributed by atoms with E-state index in [9.17, 15) is 14.0 Å². The second-order valence-electron chi connectivity index (χ2n) is 8.67. The second kappa shape index (κ2) is 9.09. The lowest BCUT2D eigenvalue weighted by atomic mass is 9.95. The third kappa shape index (κ3) is 4.29. The van der Waals surface area contributed by atoms with Crippen molar-refractivity contribution in [3.63, 3.8) is 0 Å². The molecular weight excluding hydrogens is 431 g/mol. The monoisotopic (exact) mass is 456 g/mol. The van der Waals surface area contributed by atoms with E-state index in [1.807, 2.05) is 36.1 Å². The van der Waals surface area contributed by atoms with Gasteiger partial charge in [0.15, 0.2) is 0 Å². The van der Waals surface area contributed by atoms with Crippen LogP contribution in [0.25, 0.3) is 11.0 Å². The fourth-order valence-electron chi connectivity index (χ4n) is 4.43. The van der Waals surface area contributed by atoms with Gasteiger partial charge in [-0.3, -0.25) is 9.59 Å². The van der Waals surface area contributed by atoms with Crippen LogP contribution in [0.1, 0.15) is 50.9 Å². The number of imidazole rings is 1. The standard InChI is InChI=1S/C27H25FN4O2/c1-17-10-11-19(16-24(17)31-26(33)20-6-2-3-7-21(20)28)27(34)32-14-12-18(13-15-32)25-29-22-8-4-5-9-23(22)30-25/h2-11,16,18H,12-15H2,1H3,(H,29,30)(H,31,33). The van der Waals surface area contributed by atoms with Gasteiger partial charge in [-0.2, -0.15) is 0 Å². The van der Waals surface area contributed by atoms with Gasteiger partial charge < -0.3 is 15.2 Å². The van der Waals surface area contributed by atoms with Crippen LogP contribution in [0.4, 0.5) is 10.1 Å². The van der Waals surface area contributed by atoms with Gasteiger partial charge >= 0.3 is 0 Å². The van der Waals surface area contributed by atoms with Crippen molar-refractivity contribution < 1.29 is 14.0 Å². The van der Waals surface area contributed by atoms with E-state index in [4.69, 9.17) is 4.98 Å². The Kier molecular flexibility index (Phi) is 5.84.